The normalized spacial score (nSPS) is 10.7. The standard InChI is InChI=1S/C20H17FN2O3/c1-11-3-4-14(9-12(11)2)19-18(20(25)26)16(22-23-19)10-17(24)13-5-7-15(21)8-6-13/h3-9H,10H2,1-2H3,(H,22,23)(H,25,26). The summed E-state index contributed by atoms with van der Waals surface area (Å²) < 4.78 is 13.0. The predicted molar refractivity (Wildman–Crippen MR) is 94.9 cm³/mol. The molecule has 0 saturated carbocycles. The van der Waals surface area contributed by atoms with Crippen LogP contribution < -0.4 is 0 Å². The molecule has 0 bridgehead atoms. The van der Waals surface area contributed by atoms with Crippen LogP contribution in [0.5, 0.6) is 0 Å². The van der Waals surface area contributed by atoms with Gasteiger partial charge in [0, 0.05) is 11.1 Å². The molecule has 0 aliphatic heterocycles. The lowest BCUT2D eigenvalue weighted by molar-refractivity contribution is 0.0697. The number of aromatic carboxylic acids is 1. The van der Waals surface area contributed by atoms with Gasteiger partial charge in [0.15, 0.2) is 5.78 Å². The van der Waals surface area contributed by atoms with Crippen molar-refractivity contribution in [1.82, 2.24) is 10.2 Å². The van der Waals surface area contributed by atoms with E-state index < -0.39 is 11.8 Å². The van der Waals surface area contributed by atoms with Crippen molar-refractivity contribution in [1.29, 1.82) is 0 Å². The van der Waals surface area contributed by atoms with E-state index in [1.54, 1.807) is 6.07 Å². The fraction of sp³-hybridized carbons (Fsp3) is 0.150. The maximum absolute atomic E-state index is 13.0. The van der Waals surface area contributed by atoms with Crippen molar-refractivity contribution in [2.75, 3.05) is 0 Å². The molecular weight excluding hydrogens is 335 g/mol. The number of aryl methyl sites for hydroxylation is 2. The zero-order chi connectivity index (χ0) is 18.8. The van der Waals surface area contributed by atoms with Crippen LogP contribution in [0.15, 0.2) is 42.5 Å². The number of carbonyl (C=O) groups is 2. The number of H-pyrrole nitrogens is 1. The molecule has 1 heterocycles. The van der Waals surface area contributed by atoms with E-state index in [0.29, 0.717) is 16.8 Å². The van der Waals surface area contributed by atoms with Gasteiger partial charge < -0.3 is 5.11 Å². The van der Waals surface area contributed by atoms with Crippen LogP contribution in [-0.2, 0) is 6.42 Å². The second-order valence-corrected chi connectivity index (χ2v) is 6.14. The van der Waals surface area contributed by atoms with Crippen molar-refractivity contribution in [2.45, 2.75) is 20.3 Å². The molecule has 26 heavy (non-hydrogen) atoms. The van der Waals surface area contributed by atoms with Crippen LogP contribution in [0.3, 0.4) is 0 Å². The highest BCUT2D eigenvalue weighted by Gasteiger charge is 2.23. The topological polar surface area (TPSA) is 83.0 Å². The van der Waals surface area contributed by atoms with E-state index in [0.717, 1.165) is 11.1 Å². The largest absolute Gasteiger partial charge is 0.478 e. The van der Waals surface area contributed by atoms with Crippen molar-refractivity contribution in [3.63, 3.8) is 0 Å². The number of benzene rings is 2. The van der Waals surface area contributed by atoms with Gasteiger partial charge in [-0.1, -0.05) is 12.1 Å². The minimum absolute atomic E-state index is 0.0243. The first-order chi connectivity index (χ1) is 12.4. The average molecular weight is 352 g/mol. The summed E-state index contributed by atoms with van der Waals surface area (Å²) in [5.41, 5.74) is 3.58. The van der Waals surface area contributed by atoms with E-state index in [1.807, 2.05) is 26.0 Å². The number of hydrogen-bond donors (Lipinski definition) is 2. The van der Waals surface area contributed by atoms with Crippen LogP contribution >= 0.6 is 0 Å². The molecule has 0 fully saturated rings. The highest BCUT2D eigenvalue weighted by molar-refractivity contribution is 6.01. The Morgan fingerprint density at radius 2 is 1.77 bits per heavy atom. The quantitative estimate of drug-likeness (QED) is 0.681. The Morgan fingerprint density at radius 1 is 1.08 bits per heavy atom. The molecule has 0 spiro atoms. The molecule has 5 nitrogen and oxygen atoms in total. The van der Waals surface area contributed by atoms with Crippen LogP contribution in [0.1, 0.15) is 37.5 Å². The summed E-state index contributed by atoms with van der Waals surface area (Å²) in [6.45, 7) is 3.90. The van der Waals surface area contributed by atoms with Gasteiger partial charge in [-0.3, -0.25) is 9.89 Å². The maximum atomic E-state index is 13.0. The number of rotatable bonds is 5. The zero-order valence-corrected chi connectivity index (χ0v) is 14.3. The predicted octanol–water partition coefficient (Wildman–Crippen LogP) is 3.96. The molecule has 0 saturated heterocycles. The Balaban J connectivity index is 1.97. The number of aromatic nitrogens is 2. The lowest BCUT2D eigenvalue weighted by atomic mass is 9.99. The number of carboxylic acid groups (broad SMARTS) is 1. The first-order valence-electron chi connectivity index (χ1n) is 8.03. The summed E-state index contributed by atoms with van der Waals surface area (Å²) in [7, 11) is 0. The minimum atomic E-state index is -1.16. The molecule has 2 aromatic carbocycles. The first-order valence-corrected chi connectivity index (χ1v) is 8.03. The lowest BCUT2D eigenvalue weighted by Crippen LogP contribution is -2.09. The minimum Gasteiger partial charge on any atom is -0.478 e. The summed E-state index contributed by atoms with van der Waals surface area (Å²) in [4.78, 5) is 24.2. The molecule has 0 aliphatic rings. The number of ketones is 1. The first kappa shape index (κ1) is 17.5. The number of carbonyl (C=O) groups excluding carboxylic acids is 1. The molecule has 3 rings (SSSR count). The van der Waals surface area contributed by atoms with Crippen LogP contribution in [0.2, 0.25) is 0 Å². The molecule has 132 valence electrons. The van der Waals surface area contributed by atoms with Gasteiger partial charge in [-0.2, -0.15) is 5.10 Å². The molecular formula is C20H17FN2O3. The maximum Gasteiger partial charge on any atom is 0.339 e. The van der Waals surface area contributed by atoms with Crippen molar-refractivity contribution in [3.8, 4) is 11.3 Å². The zero-order valence-electron chi connectivity index (χ0n) is 14.3. The Hall–Kier alpha value is -3.28. The molecule has 0 radical (unpaired) electrons. The van der Waals surface area contributed by atoms with Gasteiger partial charge in [-0.25, -0.2) is 9.18 Å². The monoisotopic (exact) mass is 352 g/mol. The Morgan fingerprint density at radius 3 is 2.38 bits per heavy atom. The van der Waals surface area contributed by atoms with E-state index in [-0.39, 0.29) is 23.5 Å². The summed E-state index contributed by atoms with van der Waals surface area (Å²) in [5, 5.41) is 16.4. The number of Topliss-reactive ketones (excluding diaryl/α,β-unsaturated/α-hetero) is 1. The molecule has 1 aromatic heterocycles. The van der Waals surface area contributed by atoms with Gasteiger partial charge in [0.05, 0.1) is 12.1 Å². The number of carboxylic acids is 1. The third kappa shape index (κ3) is 3.39. The fourth-order valence-corrected chi connectivity index (χ4v) is 2.73. The molecule has 2 N–H and O–H groups in total. The summed E-state index contributed by atoms with van der Waals surface area (Å²) in [6.07, 6.45) is -0.162. The average Bonchev–Trinajstić information content (AvgIpc) is 3.01. The second-order valence-electron chi connectivity index (χ2n) is 6.14. The number of hydrogen-bond acceptors (Lipinski definition) is 3. The molecule has 3 aromatic rings. The molecule has 0 unspecified atom stereocenters. The van der Waals surface area contributed by atoms with E-state index in [4.69, 9.17) is 0 Å². The molecule has 6 heteroatoms. The van der Waals surface area contributed by atoms with Crippen molar-refractivity contribution < 1.29 is 19.1 Å². The van der Waals surface area contributed by atoms with Crippen LogP contribution in [0, 0.1) is 19.7 Å². The van der Waals surface area contributed by atoms with Crippen molar-refractivity contribution in [2.24, 2.45) is 0 Å². The molecule has 0 atom stereocenters. The van der Waals surface area contributed by atoms with Gasteiger partial charge in [0.1, 0.15) is 17.1 Å². The SMILES string of the molecule is Cc1ccc(-c2n[nH]c(CC(=O)c3ccc(F)cc3)c2C(=O)O)cc1C. The number of nitrogens with one attached hydrogen (secondary N) is 1. The van der Waals surface area contributed by atoms with Gasteiger partial charge in [-0.05, 0) is 55.3 Å². The van der Waals surface area contributed by atoms with E-state index in [9.17, 15) is 19.1 Å². The van der Waals surface area contributed by atoms with Gasteiger partial charge in [0.25, 0.3) is 0 Å². The number of nitrogens with zero attached hydrogens (tertiary/aromatic N) is 1. The van der Waals surface area contributed by atoms with E-state index >= 15 is 0 Å². The number of aromatic amines is 1. The fourth-order valence-electron chi connectivity index (χ4n) is 2.73. The molecule has 0 aliphatic carbocycles. The third-order valence-electron chi connectivity index (χ3n) is 4.34. The highest BCUT2D eigenvalue weighted by Crippen LogP contribution is 2.26. The third-order valence-corrected chi connectivity index (χ3v) is 4.34. The van der Waals surface area contributed by atoms with Gasteiger partial charge >= 0.3 is 5.97 Å². The van der Waals surface area contributed by atoms with Gasteiger partial charge in [0.2, 0.25) is 0 Å². The van der Waals surface area contributed by atoms with Crippen LogP contribution in [-0.4, -0.2) is 27.1 Å². The van der Waals surface area contributed by atoms with Crippen molar-refractivity contribution >= 4 is 11.8 Å². The smallest absolute Gasteiger partial charge is 0.339 e. The summed E-state index contributed by atoms with van der Waals surface area (Å²) in [5.74, 6) is -1.91. The van der Waals surface area contributed by atoms with E-state index in [1.165, 1.54) is 24.3 Å². The van der Waals surface area contributed by atoms with Crippen LogP contribution in [0.25, 0.3) is 11.3 Å². The molecule has 0 amide bonds. The van der Waals surface area contributed by atoms with E-state index in [2.05, 4.69) is 10.2 Å². The summed E-state index contributed by atoms with van der Waals surface area (Å²) in [6, 6.07) is 10.7. The Kier molecular flexibility index (Phi) is 4.67. The Bertz CT molecular complexity index is 991. The Labute approximate surface area is 149 Å². The number of halogens is 1. The van der Waals surface area contributed by atoms with Crippen LogP contribution in [0.4, 0.5) is 4.39 Å². The van der Waals surface area contributed by atoms with Gasteiger partial charge in [-0.15, -0.1) is 0 Å². The lowest BCUT2D eigenvalue weighted by Gasteiger charge is -2.05. The van der Waals surface area contributed by atoms with Crippen molar-refractivity contribution in [3.05, 3.63) is 76.2 Å². The second kappa shape index (κ2) is 6.92. The summed E-state index contributed by atoms with van der Waals surface area (Å²) >= 11 is 0. The highest BCUT2D eigenvalue weighted by atomic mass is 19.1.